The van der Waals surface area contributed by atoms with Crippen LogP contribution in [0.1, 0.15) is 52.0 Å². The maximum absolute atomic E-state index is 12.3. The van der Waals surface area contributed by atoms with E-state index in [2.05, 4.69) is 53.5 Å². The number of carbonyl (C=O) groups is 1. The summed E-state index contributed by atoms with van der Waals surface area (Å²) in [5.41, 5.74) is 2.15. The third-order valence-electron chi connectivity index (χ3n) is 4.83. The first-order chi connectivity index (χ1) is 12.9. The first-order valence-corrected chi connectivity index (χ1v) is 9.52. The Hall–Kier alpha value is -2.63. The van der Waals surface area contributed by atoms with Gasteiger partial charge in [-0.3, -0.25) is 0 Å². The molecule has 3 rings (SSSR count). The highest BCUT2D eigenvalue weighted by atomic mass is 16.5. The predicted octanol–water partition coefficient (Wildman–Crippen LogP) is 4.29. The van der Waals surface area contributed by atoms with E-state index in [1.165, 1.54) is 5.56 Å². The zero-order chi connectivity index (χ0) is 19.3. The van der Waals surface area contributed by atoms with Crippen molar-refractivity contribution in [2.24, 2.45) is 0 Å². The number of benzene rings is 1. The van der Waals surface area contributed by atoms with Gasteiger partial charge in [-0.1, -0.05) is 32.9 Å². The van der Waals surface area contributed by atoms with Gasteiger partial charge in [0.15, 0.2) is 0 Å². The number of amides is 2. The fourth-order valence-electron chi connectivity index (χ4n) is 3.23. The minimum absolute atomic E-state index is 0.103. The highest BCUT2D eigenvalue weighted by Gasteiger charge is 2.24. The average Bonchev–Trinajstić information content (AvgIpc) is 2.64. The fraction of sp³-hybridized carbons (Fsp3) is 0.476. The molecule has 1 saturated carbocycles. The van der Waals surface area contributed by atoms with Crippen LogP contribution in [0.5, 0.6) is 6.01 Å². The second kappa shape index (κ2) is 8.37. The van der Waals surface area contributed by atoms with Crippen LogP contribution in [0.15, 0.2) is 42.7 Å². The van der Waals surface area contributed by atoms with Gasteiger partial charge in [0, 0.05) is 24.1 Å². The number of hydrogen-bond donors (Lipinski definition) is 2. The topological polar surface area (TPSA) is 76.1 Å². The summed E-state index contributed by atoms with van der Waals surface area (Å²) in [7, 11) is 0. The van der Waals surface area contributed by atoms with Gasteiger partial charge in [0.2, 0.25) is 0 Å². The summed E-state index contributed by atoms with van der Waals surface area (Å²) in [6.07, 6.45) is 6.98. The Bertz CT molecular complexity index is 733. The maximum Gasteiger partial charge on any atom is 0.319 e. The van der Waals surface area contributed by atoms with Crippen LogP contribution in [0.25, 0.3) is 0 Å². The molecular formula is C21H28N4O2. The van der Waals surface area contributed by atoms with Crippen molar-refractivity contribution in [2.45, 2.75) is 64.0 Å². The van der Waals surface area contributed by atoms with Crippen molar-refractivity contribution >= 4 is 11.7 Å². The van der Waals surface area contributed by atoms with E-state index in [9.17, 15) is 4.79 Å². The number of urea groups is 1. The number of rotatable bonds is 4. The third-order valence-corrected chi connectivity index (χ3v) is 4.83. The van der Waals surface area contributed by atoms with Crippen molar-refractivity contribution in [1.29, 1.82) is 0 Å². The lowest BCUT2D eigenvalue weighted by atomic mass is 9.87. The highest BCUT2D eigenvalue weighted by molar-refractivity contribution is 5.89. The van der Waals surface area contributed by atoms with Crippen molar-refractivity contribution in [3.63, 3.8) is 0 Å². The first-order valence-electron chi connectivity index (χ1n) is 9.52. The zero-order valence-electron chi connectivity index (χ0n) is 16.2. The standard InChI is InChI=1S/C21H28N4O2/c1-21(2,3)15-5-7-16(8-6-15)24-19(26)25-17-9-11-18(12-10-17)27-20-22-13-4-14-23-20/h4-8,13-14,17-18H,9-12H2,1-3H3,(H2,24,25,26). The number of nitrogens with zero attached hydrogens (tertiary/aromatic N) is 2. The van der Waals surface area contributed by atoms with Crippen LogP contribution in [-0.4, -0.2) is 28.1 Å². The van der Waals surface area contributed by atoms with Gasteiger partial charge in [-0.25, -0.2) is 14.8 Å². The Labute approximate surface area is 160 Å². The molecule has 1 aromatic heterocycles. The Balaban J connectivity index is 1.43. The molecule has 144 valence electrons. The largest absolute Gasteiger partial charge is 0.460 e. The van der Waals surface area contributed by atoms with Crippen molar-refractivity contribution in [3.8, 4) is 6.01 Å². The van der Waals surface area contributed by atoms with E-state index in [-0.39, 0.29) is 23.6 Å². The molecule has 2 amide bonds. The molecular weight excluding hydrogens is 340 g/mol. The van der Waals surface area contributed by atoms with Crippen LogP contribution >= 0.6 is 0 Å². The van der Waals surface area contributed by atoms with Crippen LogP contribution in [0, 0.1) is 0 Å². The minimum Gasteiger partial charge on any atom is -0.460 e. The summed E-state index contributed by atoms with van der Waals surface area (Å²) in [5, 5.41) is 5.98. The molecule has 2 N–H and O–H groups in total. The van der Waals surface area contributed by atoms with Gasteiger partial charge in [-0.15, -0.1) is 0 Å². The SMILES string of the molecule is CC(C)(C)c1ccc(NC(=O)NC2CCC(Oc3ncccn3)CC2)cc1. The Morgan fingerprint density at radius 2 is 1.67 bits per heavy atom. The summed E-state index contributed by atoms with van der Waals surface area (Å²) in [4.78, 5) is 20.5. The van der Waals surface area contributed by atoms with Crippen molar-refractivity contribution in [2.75, 3.05) is 5.32 Å². The van der Waals surface area contributed by atoms with E-state index in [0.29, 0.717) is 6.01 Å². The van der Waals surface area contributed by atoms with Crippen LogP contribution in [0.2, 0.25) is 0 Å². The van der Waals surface area contributed by atoms with E-state index in [0.717, 1.165) is 31.4 Å². The predicted molar refractivity (Wildman–Crippen MR) is 106 cm³/mol. The van der Waals surface area contributed by atoms with Gasteiger partial charge in [0.1, 0.15) is 6.10 Å². The van der Waals surface area contributed by atoms with E-state index < -0.39 is 0 Å². The molecule has 0 atom stereocenters. The first kappa shape index (κ1) is 19.1. The van der Waals surface area contributed by atoms with Crippen molar-refractivity contribution in [1.82, 2.24) is 15.3 Å². The highest BCUT2D eigenvalue weighted by Crippen LogP contribution is 2.24. The summed E-state index contributed by atoms with van der Waals surface area (Å²) < 4.78 is 5.79. The smallest absolute Gasteiger partial charge is 0.319 e. The molecule has 0 radical (unpaired) electrons. The molecule has 1 aromatic carbocycles. The van der Waals surface area contributed by atoms with Gasteiger partial charge in [0.25, 0.3) is 0 Å². The lowest BCUT2D eigenvalue weighted by Gasteiger charge is -2.28. The van der Waals surface area contributed by atoms with Gasteiger partial charge in [-0.05, 0) is 54.9 Å². The summed E-state index contributed by atoms with van der Waals surface area (Å²) >= 11 is 0. The Morgan fingerprint density at radius 1 is 1.04 bits per heavy atom. The summed E-state index contributed by atoms with van der Waals surface area (Å²) in [6, 6.07) is 10.2. The molecule has 1 aliphatic carbocycles. The van der Waals surface area contributed by atoms with Gasteiger partial charge in [0.05, 0.1) is 0 Å². The molecule has 1 fully saturated rings. The van der Waals surface area contributed by atoms with Gasteiger partial charge < -0.3 is 15.4 Å². The van der Waals surface area contributed by atoms with E-state index in [4.69, 9.17) is 4.74 Å². The Kier molecular flexibility index (Phi) is 5.94. The second-order valence-corrected chi connectivity index (χ2v) is 8.05. The van der Waals surface area contributed by atoms with E-state index in [1.54, 1.807) is 18.5 Å². The molecule has 1 heterocycles. The number of hydrogen-bond acceptors (Lipinski definition) is 4. The number of anilines is 1. The molecule has 27 heavy (non-hydrogen) atoms. The van der Waals surface area contributed by atoms with E-state index in [1.807, 2.05) is 12.1 Å². The molecule has 6 heteroatoms. The van der Waals surface area contributed by atoms with Crippen molar-refractivity contribution in [3.05, 3.63) is 48.3 Å². The van der Waals surface area contributed by atoms with Crippen LogP contribution in [0.4, 0.5) is 10.5 Å². The summed E-state index contributed by atoms with van der Waals surface area (Å²) in [6.45, 7) is 6.52. The Morgan fingerprint density at radius 3 is 2.26 bits per heavy atom. The van der Waals surface area contributed by atoms with Gasteiger partial charge >= 0.3 is 12.0 Å². The average molecular weight is 368 g/mol. The lowest BCUT2D eigenvalue weighted by molar-refractivity contribution is 0.129. The number of nitrogens with one attached hydrogen (secondary N) is 2. The molecule has 0 bridgehead atoms. The van der Waals surface area contributed by atoms with Crippen LogP contribution < -0.4 is 15.4 Å². The quantitative estimate of drug-likeness (QED) is 0.844. The molecule has 2 aromatic rings. The molecule has 0 saturated heterocycles. The van der Waals surface area contributed by atoms with Crippen LogP contribution in [0.3, 0.4) is 0 Å². The second-order valence-electron chi connectivity index (χ2n) is 8.05. The zero-order valence-corrected chi connectivity index (χ0v) is 16.2. The van der Waals surface area contributed by atoms with Crippen molar-refractivity contribution < 1.29 is 9.53 Å². The number of aromatic nitrogens is 2. The van der Waals surface area contributed by atoms with Crippen LogP contribution in [-0.2, 0) is 5.41 Å². The number of ether oxygens (including phenoxy) is 1. The molecule has 0 unspecified atom stereocenters. The maximum atomic E-state index is 12.3. The monoisotopic (exact) mass is 368 g/mol. The minimum atomic E-state index is -0.158. The number of carbonyl (C=O) groups excluding carboxylic acids is 1. The fourth-order valence-corrected chi connectivity index (χ4v) is 3.23. The summed E-state index contributed by atoms with van der Waals surface area (Å²) in [5.74, 6) is 0. The molecule has 0 aliphatic heterocycles. The third kappa shape index (κ3) is 5.67. The molecule has 6 nitrogen and oxygen atoms in total. The van der Waals surface area contributed by atoms with E-state index >= 15 is 0 Å². The lowest BCUT2D eigenvalue weighted by Crippen LogP contribution is -2.41. The normalized spacial score (nSPS) is 20.0. The molecule has 1 aliphatic rings. The molecule has 0 spiro atoms. The van der Waals surface area contributed by atoms with Gasteiger partial charge in [-0.2, -0.15) is 0 Å².